The lowest BCUT2D eigenvalue weighted by Crippen LogP contribution is -1.97. The van der Waals surface area contributed by atoms with Crippen LogP contribution in [0.25, 0.3) is 0 Å². The zero-order chi connectivity index (χ0) is 8.36. The summed E-state index contributed by atoms with van der Waals surface area (Å²) in [4.78, 5) is 0. The van der Waals surface area contributed by atoms with Crippen LogP contribution in [0, 0.1) is 0 Å². The van der Waals surface area contributed by atoms with Crippen LogP contribution >= 0.6 is 0 Å². The first-order chi connectivity index (χ1) is 5.41. The molecule has 0 aromatic heterocycles. The summed E-state index contributed by atoms with van der Waals surface area (Å²) in [6.45, 7) is 0.675. The van der Waals surface area contributed by atoms with Gasteiger partial charge in [-0.3, -0.25) is 8.78 Å². The van der Waals surface area contributed by atoms with Gasteiger partial charge < -0.3 is 4.74 Å². The molecule has 3 heteroatoms. The van der Waals surface area contributed by atoms with E-state index in [0.717, 1.165) is 12.8 Å². The van der Waals surface area contributed by atoms with Crippen LogP contribution in [0.5, 0.6) is 0 Å². The Balaban J connectivity index is 2.69. The Kier molecular flexibility index (Phi) is 9.66. The molecule has 0 aromatic carbocycles. The minimum atomic E-state index is -0.270. The predicted molar refractivity (Wildman–Crippen MR) is 41.2 cm³/mol. The maximum Gasteiger partial charge on any atom is 0.0895 e. The molecule has 0 heterocycles. The van der Waals surface area contributed by atoms with Crippen LogP contribution in [0.4, 0.5) is 8.78 Å². The van der Waals surface area contributed by atoms with E-state index in [1.165, 1.54) is 0 Å². The molecule has 0 saturated carbocycles. The molecule has 0 amide bonds. The highest BCUT2D eigenvalue weighted by Crippen LogP contribution is 1.94. The van der Waals surface area contributed by atoms with Gasteiger partial charge in [-0.1, -0.05) is 0 Å². The smallest absolute Gasteiger partial charge is 0.0895 e. The van der Waals surface area contributed by atoms with Crippen molar-refractivity contribution in [1.29, 1.82) is 0 Å². The van der Waals surface area contributed by atoms with Crippen LogP contribution in [-0.2, 0) is 4.74 Å². The first-order valence-electron chi connectivity index (χ1n) is 4.11. The number of rotatable bonds is 8. The SMILES string of the molecule is FCCCCOCCCCF. The van der Waals surface area contributed by atoms with Gasteiger partial charge >= 0.3 is 0 Å². The third kappa shape index (κ3) is 9.82. The van der Waals surface area contributed by atoms with Gasteiger partial charge in [0, 0.05) is 13.2 Å². The second-order valence-electron chi connectivity index (χ2n) is 2.40. The van der Waals surface area contributed by atoms with Crippen LogP contribution in [0.3, 0.4) is 0 Å². The molecule has 0 fully saturated rings. The lowest BCUT2D eigenvalue weighted by atomic mass is 10.3. The largest absolute Gasteiger partial charge is 0.381 e. The molecule has 0 aliphatic rings. The number of halogens is 2. The average Bonchev–Trinajstić information content (AvgIpc) is 2.03. The summed E-state index contributed by atoms with van der Waals surface area (Å²) in [5.41, 5.74) is 0. The van der Waals surface area contributed by atoms with Gasteiger partial charge in [0.1, 0.15) is 0 Å². The molecule has 0 rings (SSSR count). The van der Waals surface area contributed by atoms with Gasteiger partial charge in [-0.25, -0.2) is 0 Å². The Morgan fingerprint density at radius 3 is 1.55 bits per heavy atom. The summed E-state index contributed by atoms with van der Waals surface area (Å²) in [5, 5.41) is 0. The summed E-state index contributed by atoms with van der Waals surface area (Å²) in [6, 6.07) is 0. The van der Waals surface area contributed by atoms with Crippen LogP contribution in [0.15, 0.2) is 0 Å². The normalized spacial score (nSPS) is 10.4. The van der Waals surface area contributed by atoms with Crippen molar-refractivity contribution in [3.63, 3.8) is 0 Å². The molecular formula is C8H16F2O. The van der Waals surface area contributed by atoms with E-state index in [2.05, 4.69) is 0 Å². The van der Waals surface area contributed by atoms with E-state index in [9.17, 15) is 8.78 Å². The lowest BCUT2D eigenvalue weighted by molar-refractivity contribution is 0.123. The maximum absolute atomic E-state index is 11.5. The van der Waals surface area contributed by atoms with Gasteiger partial charge in [0.15, 0.2) is 0 Å². The first-order valence-corrected chi connectivity index (χ1v) is 4.11. The van der Waals surface area contributed by atoms with Crippen molar-refractivity contribution >= 4 is 0 Å². The summed E-state index contributed by atoms with van der Waals surface area (Å²) < 4.78 is 28.1. The second kappa shape index (κ2) is 9.82. The van der Waals surface area contributed by atoms with Gasteiger partial charge in [-0.2, -0.15) is 0 Å². The van der Waals surface area contributed by atoms with Crippen LogP contribution in [-0.4, -0.2) is 26.6 Å². The van der Waals surface area contributed by atoms with Crippen LogP contribution in [0.1, 0.15) is 25.7 Å². The minimum absolute atomic E-state index is 0.270. The minimum Gasteiger partial charge on any atom is -0.381 e. The molecular weight excluding hydrogens is 150 g/mol. The molecule has 0 atom stereocenters. The number of alkyl halides is 2. The van der Waals surface area contributed by atoms with E-state index in [1.807, 2.05) is 0 Å². The third-order valence-electron chi connectivity index (χ3n) is 1.34. The van der Waals surface area contributed by atoms with Gasteiger partial charge in [-0.15, -0.1) is 0 Å². The Bertz CT molecular complexity index is 61.1. The Labute approximate surface area is 66.7 Å². The van der Waals surface area contributed by atoms with E-state index in [1.54, 1.807) is 0 Å². The van der Waals surface area contributed by atoms with Gasteiger partial charge in [0.05, 0.1) is 13.3 Å². The number of hydrogen-bond donors (Lipinski definition) is 0. The first kappa shape index (κ1) is 10.8. The predicted octanol–water partition coefficient (Wildman–Crippen LogP) is 2.50. The zero-order valence-electron chi connectivity index (χ0n) is 6.82. The Morgan fingerprint density at radius 1 is 0.727 bits per heavy atom. The highest BCUT2D eigenvalue weighted by atomic mass is 19.1. The Morgan fingerprint density at radius 2 is 1.18 bits per heavy atom. The van der Waals surface area contributed by atoms with Crippen molar-refractivity contribution < 1.29 is 13.5 Å². The van der Waals surface area contributed by atoms with E-state index < -0.39 is 0 Å². The van der Waals surface area contributed by atoms with Crippen molar-refractivity contribution in [3.05, 3.63) is 0 Å². The second-order valence-corrected chi connectivity index (χ2v) is 2.40. The summed E-state index contributed by atoms with van der Waals surface area (Å²) >= 11 is 0. The standard InChI is InChI=1S/C8H16F2O/c9-5-1-3-7-11-8-4-2-6-10/h1-8H2. The van der Waals surface area contributed by atoms with E-state index in [0.29, 0.717) is 26.1 Å². The van der Waals surface area contributed by atoms with Crippen molar-refractivity contribution in [2.45, 2.75) is 25.7 Å². The fourth-order valence-electron chi connectivity index (χ4n) is 0.699. The highest BCUT2D eigenvalue weighted by molar-refractivity contribution is 4.39. The molecule has 0 aliphatic heterocycles. The van der Waals surface area contributed by atoms with Crippen LogP contribution in [0.2, 0.25) is 0 Å². The van der Waals surface area contributed by atoms with Gasteiger partial charge in [-0.05, 0) is 25.7 Å². The number of ether oxygens (including phenoxy) is 1. The number of unbranched alkanes of at least 4 members (excludes halogenated alkanes) is 2. The summed E-state index contributed by atoms with van der Waals surface area (Å²) in [6.07, 6.45) is 2.68. The highest BCUT2D eigenvalue weighted by Gasteiger charge is 1.89. The number of hydrogen-bond acceptors (Lipinski definition) is 1. The molecule has 0 aromatic rings. The Hall–Kier alpha value is -0.180. The van der Waals surface area contributed by atoms with Crippen molar-refractivity contribution in [1.82, 2.24) is 0 Å². The molecule has 1 nitrogen and oxygen atoms in total. The van der Waals surface area contributed by atoms with E-state index in [4.69, 9.17) is 4.74 Å². The summed E-state index contributed by atoms with van der Waals surface area (Å²) in [5.74, 6) is 0. The molecule has 0 radical (unpaired) electrons. The van der Waals surface area contributed by atoms with Crippen molar-refractivity contribution in [3.8, 4) is 0 Å². The lowest BCUT2D eigenvalue weighted by Gasteiger charge is -2.00. The zero-order valence-corrected chi connectivity index (χ0v) is 6.82. The topological polar surface area (TPSA) is 9.23 Å². The van der Waals surface area contributed by atoms with Gasteiger partial charge in [0.2, 0.25) is 0 Å². The maximum atomic E-state index is 11.5. The fraction of sp³-hybridized carbons (Fsp3) is 1.00. The monoisotopic (exact) mass is 166 g/mol. The molecule has 11 heavy (non-hydrogen) atoms. The molecule has 0 bridgehead atoms. The van der Waals surface area contributed by atoms with E-state index in [-0.39, 0.29) is 13.3 Å². The van der Waals surface area contributed by atoms with Gasteiger partial charge in [0.25, 0.3) is 0 Å². The molecule has 0 spiro atoms. The van der Waals surface area contributed by atoms with E-state index >= 15 is 0 Å². The fourth-order valence-corrected chi connectivity index (χ4v) is 0.699. The quantitative estimate of drug-likeness (QED) is 0.503. The molecule has 0 unspecified atom stereocenters. The molecule has 0 aliphatic carbocycles. The van der Waals surface area contributed by atoms with Crippen LogP contribution < -0.4 is 0 Å². The molecule has 68 valence electrons. The van der Waals surface area contributed by atoms with Crippen molar-refractivity contribution in [2.24, 2.45) is 0 Å². The summed E-state index contributed by atoms with van der Waals surface area (Å²) in [7, 11) is 0. The van der Waals surface area contributed by atoms with Crippen molar-refractivity contribution in [2.75, 3.05) is 26.6 Å². The average molecular weight is 166 g/mol. The molecule has 0 saturated heterocycles. The molecule has 0 N–H and O–H groups in total. The third-order valence-corrected chi connectivity index (χ3v) is 1.34.